The topological polar surface area (TPSA) is 66.4 Å². The van der Waals surface area contributed by atoms with Gasteiger partial charge in [0.25, 0.3) is 0 Å². The summed E-state index contributed by atoms with van der Waals surface area (Å²) >= 11 is 9.18. The average molecular weight is 375 g/mol. The fourth-order valence-electron chi connectivity index (χ4n) is 2.79. The summed E-state index contributed by atoms with van der Waals surface area (Å²) in [6.45, 7) is 0. The third kappa shape index (κ3) is 3.98. The molecule has 0 bridgehead atoms. The SMILES string of the molecule is O=C(CC1(C(=O)O)CCCCC1)Nc1ccc(Cl)cc1Br. The Morgan fingerprint density at radius 2 is 1.95 bits per heavy atom. The average Bonchev–Trinajstić information content (AvgIpc) is 2.43. The number of carboxylic acids is 1. The molecule has 2 N–H and O–H groups in total. The number of hydrogen-bond acceptors (Lipinski definition) is 2. The zero-order chi connectivity index (χ0) is 15.5. The van der Waals surface area contributed by atoms with E-state index >= 15 is 0 Å². The fraction of sp³-hybridized carbons (Fsp3) is 0.467. The first-order valence-corrected chi connectivity index (χ1v) is 8.08. The number of nitrogens with one attached hydrogen (secondary N) is 1. The number of carboxylic acid groups (broad SMARTS) is 1. The molecule has 0 radical (unpaired) electrons. The molecule has 6 heteroatoms. The number of carbonyl (C=O) groups is 2. The molecule has 0 aromatic heterocycles. The van der Waals surface area contributed by atoms with E-state index < -0.39 is 11.4 Å². The molecule has 21 heavy (non-hydrogen) atoms. The quantitative estimate of drug-likeness (QED) is 0.817. The monoisotopic (exact) mass is 373 g/mol. The second-order valence-corrected chi connectivity index (χ2v) is 6.79. The Morgan fingerprint density at radius 1 is 1.29 bits per heavy atom. The zero-order valence-corrected chi connectivity index (χ0v) is 13.8. The Balaban J connectivity index is 2.07. The van der Waals surface area contributed by atoms with Crippen molar-refractivity contribution in [3.05, 3.63) is 27.7 Å². The molecule has 0 heterocycles. The highest BCUT2D eigenvalue weighted by Crippen LogP contribution is 2.40. The van der Waals surface area contributed by atoms with Crippen LogP contribution in [0.2, 0.25) is 5.02 Å². The Bertz CT molecular complexity index is 556. The molecule has 2 rings (SSSR count). The minimum atomic E-state index is -0.915. The molecule has 4 nitrogen and oxygen atoms in total. The first-order valence-electron chi connectivity index (χ1n) is 6.91. The van der Waals surface area contributed by atoms with Gasteiger partial charge in [0.05, 0.1) is 11.1 Å². The van der Waals surface area contributed by atoms with Gasteiger partial charge in [0.2, 0.25) is 5.91 Å². The molecule has 114 valence electrons. The molecule has 1 saturated carbocycles. The van der Waals surface area contributed by atoms with Crippen LogP contribution in [0.15, 0.2) is 22.7 Å². The second-order valence-electron chi connectivity index (χ2n) is 5.50. The van der Waals surface area contributed by atoms with Crippen molar-refractivity contribution in [1.82, 2.24) is 0 Å². The number of benzene rings is 1. The lowest BCUT2D eigenvalue weighted by atomic mass is 9.71. The van der Waals surface area contributed by atoms with E-state index in [1.54, 1.807) is 18.2 Å². The van der Waals surface area contributed by atoms with Crippen molar-refractivity contribution < 1.29 is 14.7 Å². The van der Waals surface area contributed by atoms with E-state index in [0.717, 1.165) is 19.3 Å². The highest BCUT2D eigenvalue weighted by Gasteiger charge is 2.41. The van der Waals surface area contributed by atoms with Crippen LogP contribution in [0, 0.1) is 5.41 Å². The number of rotatable bonds is 4. The summed E-state index contributed by atoms with van der Waals surface area (Å²) in [6, 6.07) is 5.05. The first kappa shape index (κ1) is 16.3. The van der Waals surface area contributed by atoms with E-state index in [2.05, 4.69) is 21.2 Å². The van der Waals surface area contributed by atoms with E-state index in [4.69, 9.17) is 11.6 Å². The zero-order valence-electron chi connectivity index (χ0n) is 11.5. The van der Waals surface area contributed by atoms with Crippen molar-refractivity contribution in [2.75, 3.05) is 5.32 Å². The van der Waals surface area contributed by atoms with Crippen LogP contribution in [0.5, 0.6) is 0 Å². The maximum absolute atomic E-state index is 12.2. The number of anilines is 1. The van der Waals surface area contributed by atoms with Gasteiger partial charge in [-0.1, -0.05) is 30.9 Å². The third-order valence-corrected chi connectivity index (χ3v) is 4.86. The standard InChI is InChI=1S/C15H17BrClNO3/c16-11-8-10(17)4-5-12(11)18-13(19)9-15(14(20)21)6-2-1-3-7-15/h4-5,8H,1-3,6-7,9H2,(H,18,19)(H,20,21). The van der Waals surface area contributed by atoms with Gasteiger partial charge in [0.1, 0.15) is 0 Å². The molecular weight excluding hydrogens is 358 g/mol. The summed E-state index contributed by atoms with van der Waals surface area (Å²) in [4.78, 5) is 23.8. The molecule has 1 fully saturated rings. The van der Waals surface area contributed by atoms with Gasteiger partial charge in [-0.3, -0.25) is 9.59 Å². The fourth-order valence-corrected chi connectivity index (χ4v) is 3.57. The minimum absolute atomic E-state index is 0.0113. The molecular formula is C15H17BrClNO3. The smallest absolute Gasteiger partial charge is 0.310 e. The van der Waals surface area contributed by atoms with Gasteiger partial charge in [-0.2, -0.15) is 0 Å². The molecule has 0 spiro atoms. The molecule has 0 atom stereocenters. The van der Waals surface area contributed by atoms with Crippen molar-refractivity contribution in [3.63, 3.8) is 0 Å². The first-order chi connectivity index (χ1) is 9.93. The summed E-state index contributed by atoms with van der Waals surface area (Å²) < 4.78 is 0.677. The molecule has 1 aliphatic carbocycles. The Hall–Kier alpha value is -1.07. The van der Waals surface area contributed by atoms with E-state index in [9.17, 15) is 14.7 Å². The van der Waals surface area contributed by atoms with Gasteiger partial charge in [-0.25, -0.2) is 0 Å². The largest absolute Gasteiger partial charge is 0.481 e. The summed E-state index contributed by atoms with van der Waals surface area (Å²) in [7, 11) is 0. The molecule has 1 amide bonds. The maximum Gasteiger partial charge on any atom is 0.310 e. The van der Waals surface area contributed by atoms with Crippen LogP contribution in [0.4, 0.5) is 5.69 Å². The number of carbonyl (C=O) groups excluding carboxylic acids is 1. The molecule has 0 aliphatic heterocycles. The van der Waals surface area contributed by atoms with Gasteiger partial charge >= 0.3 is 5.97 Å². The van der Waals surface area contributed by atoms with Crippen molar-refractivity contribution in [2.45, 2.75) is 38.5 Å². The Morgan fingerprint density at radius 3 is 2.52 bits per heavy atom. The van der Waals surface area contributed by atoms with Gasteiger partial charge in [0.15, 0.2) is 0 Å². The van der Waals surface area contributed by atoms with Crippen LogP contribution in [-0.2, 0) is 9.59 Å². The predicted molar refractivity (Wildman–Crippen MR) is 85.6 cm³/mol. The normalized spacial score (nSPS) is 17.2. The maximum atomic E-state index is 12.2. The highest BCUT2D eigenvalue weighted by molar-refractivity contribution is 9.10. The lowest BCUT2D eigenvalue weighted by Gasteiger charge is -2.32. The second kappa shape index (κ2) is 6.79. The third-order valence-electron chi connectivity index (χ3n) is 3.97. The molecule has 1 aromatic rings. The molecule has 1 aliphatic rings. The van der Waals surface area contributed by atoms with E-state index in [1.807, 2.05) is 0 Å². The Labute approximate surface area is 137 Å². The molecule has 1 aromatic carbocycles. The summed E-state index contributed by atoms with van der Waals surface area (Å²) in [5.41, 5.74) is -0.318. The van der Waals surface area contributed by atoms with Crippen molar-refractivity contribution in [3.8, 4) is 0 Å². The van der Waals surface area contributed by atoms with Crippen molar-refractivity contribution in [1.29, 1.82) is 0 Å². The number of amides is 1. The Kier molecular flexibility index (Phi) is 5.27. The lowest BCUT2D eigenvalue weighted by molar-refractivity contribution is -0.153. The minimum Gasteiger partial charge on any atom is -0.481 e. The van der Waals surface area contributed by atoms with E-state index in [1.165, 1.54) is 0 Å². The predicted octanol–water partition coefficient (Wildman–Crippen LogP) is 4.47. The summed E-state index contributed by atoms with van der Waals surface area (Å²) in [5, 5.41) is 12.8. The van der Waals surface area contributed by atoms with Crippen molar-refractivity contribution >= 4 is 45.1 Å². The number of halogens is 2. The van der Waals surface area contributed by atoms with Gasteiger partial charge in [-0.15, -0.1) is 0 Å². The van der Waals surface area contributed by atoms with Crippen LogP contribution in [-0.4, -0.2) is 17.0 Å². The summed E-state index contributed by atoms with van der Waals surface area (Å²) in [5.74, 6) is -1.14. The number of hydrogen-bond donors (Lipinski definition) is 2. The van der Waals surface area contributed by atoms with Crippen LogP contribution in [0.3, 0.4) is 0 Å². The van der Waals surface area contributed by atoms with Crippen LogP contribution >= 0.6 is 27.5 Å². The van der Waals surface area contributed by atoms with Crippen LogP contribution in [0.1, 0.15) is 38.5 Å². The number of aliphatic carboxylic acids is 1. The van der Waals surface area contributed by atoms with E-state index in [0.29, 0.717) is 28.0 Å². The lowest BCUT2D eigenvalue weighted by Crippen LogP contribution is -2.37. The highest BCUT2D eigenvalue weighted by atomic mass is 79.9. The van der Waals surface area contributed by atoms with Crippen molar-refractivity contribution in [2.24, 2.45) is 5.41 Å². The van der Waals surface area contributed by atoms with Gasteiger partial charge < -0.3 is 10.4 Å². The molecule has 0 unspecified atom stereocenters. The van der Waals surface area contributed by atoms with Crippen LogP contribution < -0.4 is 5.32 Å². The summed E-state index contributed by atoms with van der Waals surface area (Å²) in [6.07, 6.45) is 3.92. The van der Waals surface area contributed by atoms with E-state index in [-0.39, 0.29) is 12.3 Å². The van der Waals surface area contributed by atoms with Gasteiger partial charge in [-0.05, 0) is 47.0 Å². The van der Waals surface area contributed by atoms with Gasteiger partial charge in [0, 0.05) is 15.9 Å². The molecule has 0 saturated heterocycles. The van der Waals surface area contributed by atoms with Crippen LogP contribution in [0.25, 0.3) is 0 Å².